The molecule has 5 heteroatoms. The molecule has 0 fully saturated rings. The average molecular weight is 391 g/mol. The molecule has 0 aliphatic carbocycles. The number of anilines is 1. The molecule has 0 spiro atoms. The van der Waals surface area contributed by atoms with Crippen LogP contribution in [0.25, 0.3) is 0 Å². The number of nitrogens with one attached hydrogen (secondary N) is 1. The Morgan fingerprint density at radius 2 is 1.61 bits per heavy atom. The van der Waals surface area contributed by atoms with Crippen molar-refractivity contribution < 1.29 is 14.3 Å². The summed E-state index contributed by atoms with van der Waals surface area (Å²) in [4.78, 5) is 25.6. The van der Waals surface area contributed by atoms with E-state index in [2.05, 4.69) is 5.32 Å². The molecule has 4 nitrogen and oxygen atoms in total. The van der Waals surface area contributed by atoms with Crippen molar-refractivity contribution in [2.45, 2.75) is 11.8 Å². The summed E-state index contributed by atoms with van der Waals surface area (Å²) in [7, 11) is 1.59. The Morgan fingerprint density at radius 3 is 2.29 bits per heavy atom. The number of Topliss-reactive ketones (excluding diaryl/α,β-unsaturated/α-hetero) is 1. The number of ether oxygens (including phenoxy) is 1. The zero-order valence-electron chi connectivity index (χ0n) is 15.8. The van der Waals surface area contributed by atoms with Crippen molar-refractivity contribution in [2.24, 2.45) is 0 Å². The second-order valence-electron chi connectivity index (χ2n) is 6.29. The van der Waals surface area contributed by atoms with Crippen LogP contribution in [0.5, 0.6) is 5.75 Å². The van der Waals surface area contributed by atoms with E-state index in [1.165, 1.54) is 11.8 Å². The molecule has 28 heavy (non-hydrogen) atoms. The highest BCUT2D eigenvalue weighted by atomic mass is 32.2. The van der Waals surface area contributed by atoms with Crippen LogP contribution in [0.3, 0.4) is 0 Å². The van der Waals surface area contributed by atoms with E-state index < -0.39 is 0 Å². The van der Waals surface area contributed by atoms with Crippen LogP contribution >= 0.6 is 11.8 Å². The average Bonchev–Trinajstić information content (AvgIpc) is 2.73. The van der Waals surface area contributed by atoms with Crippen LogP contribution < -0.4 is 10.1 Å². The number of thioether (sulfide) groups is 1. The van der Waals surface area contributed by atoms with E-state index in [4.69, 9.17) is 4.74 Å². The fourth-order valence-corrected chi connectivity index (χ4v) is 3.43. The number of hydrogen-bond donors (Lipinski definition) is 1. The highest BCUT2D eigenvalue weighted by Crippen LogP contribution is 2.23. The van der Waals surface area contributed by atoms with Crippen molar-refractivity contribution in [3.05, 3.63) is 89.5 Å². The predicted octanol–water partition coefficient (Wildman–Crippen LogP) is 5.23. The molecule has 142 valence electrons. The van der Waals surface area contributed by atoms with E-state index in [1.54, 1.807) is 43.5 Å². The maximum atomic E-state index is 12.4. The maximum Gasteiger partial charge on any atom is 0.255 e. The zero-order valence-corrected chi connectivity index (χ0v) is 16.6. The van der Waals surface area contributed by atoms with E-state index in [0.29, 0.717) is 22.6 Å². The fraction of sp³-hybridized carbons (Fsp3) is 0.130. The third kappa shape index (κ3) is 5.24. The number of rotatable bonds is 7. The lowest BCUT2D eigenvalue weighted by molar-refractivity contribution is 0.101. The molecule has 0 unspecified atom stereocenters. The summed E-state index contributed by atoms with van der Waals surface area (Å²) < 4.78 is 5.11. The molecular weight excluding hydrogens is 370 g/mol. The standard InChI is InChI=1S/C23H21NO3S/c1-16-6-8-18(9-7-16)23(26)24-19-4-3-5-21(14-19)28-15-22(25)17-10-12-20(27-2)13-11-17/h3-14H,15H2,1-2H3,(H,24,26). The summed E-state index contributed by atoms with van der Waals surface area (Å²) in [5, 5.41) is 2.90. The van der Waals surface area contributed by atoms with Gasteiger partial charge >= 0.3 is 0 Å². The van der Waals surface area contributed by atoms with Crippen molar-refractivity contribution in [1.82, 2.24) is 0 Å². The van der Waals surface area contributed by atoms with Gasteiger partial charge in [0, 0.05) is 21.7 Å². The lowest BCUT2D eigenvalue weighted by Crippen LogP contribution is -2.11. The van der Waals surface area contributed by atoms with Gasteiger partial charge in [-0.3, -0.25) is 9.59 Å². The van der Waals surface area contributed by atoms with Gasteiger partial charge in [0.1, 0.15) is 5.75 Å². The summed E-state index contributed by atoms with van der Waals surface area (Å²) in [5.74, 6) is 0.932. The third-order valence-electron chi connectivity index (χ3n) is 4.19. The summed E-state index contributed by atoms with van der Waals surface area (Å²) in [6.45, 7) is 1.98. The molecule has 0 saturated carbocycles. The molecule has 1 N–H and O–H groups in total. The van der Waals surface area contributed by atoms with Crippen LogP contribution in [0.1, 0.15) is 26.3 Å². The number of aryl methyl sites for hydroxylation is 1. The smallest absolute Gasteiger partial charge is 0.255 e. The van der Waals surface area contributed by atoms with Gasteiger partial charge in [0.25, 0.3) is 5.91 Å². The first kappa shape index (κ1) is 19.7. The van der Waals surface area contributed by atoms with Crippen molar-refractivity contribution >= 4 is 29.1 Å². The third-order valence-corrected chi connectivity index (χ3v) is 5.18. The molecule has 0 radical (unpaired) electrons. The number of ketones is 1. The van der Waals surface area contributed by atoms with Gasteiger partial charge in [-0.2, -0.15) is 0 Å². The SMILES string of the molecule is COc1ccc(C(=O)CSc2cccc(NC(=O)c3ccc(C)cc3)c2)cc1. The molecular formula is C23H21NO3S. The Labute approximate surface area is 168 Å². The predicted molar refractivity (Wildman–Crippen MR) is 114 cm³/mol. The number of benzene rings is 3. The maximum absolute atomic E-state index is 12.4. The molecule has 0 bridgehead atoms. The number of carbonyl (C=O) groups is 2. The molecule has 0 heterocycles. The molecule has 3 rings (SSSR count). The summed E-state index contributed by atoms with van der Waals surface area (Å²) >= 11 is 1.44. The van der Waals surface area contributed by atoms with Gasteiger partial charge in [-0.25, -0.2) is 0 Å². The Morgan fingerprint density at radius 1 is 0.929 bits per heavy atom. The van der Waals surface area contributed by atoms with Crippen molar-refractivity contribution in [2.75, 3.05) is 18.2 Å². The first-order chi connectivity index (χ1) is 13.5. The number of amides is 1. The van der Waals surface area contributed by atoms with Crippen LogP contribution in [0.4, 0.5) is 5.69 Å². The Balaban J connectivity index is 1.60. The van der Waals surface area contributed by atoms with Crippen LogP contribution in [-0.4, -0.2) is 24.6 Å². The molecule has 0 aliphatic rings. The molecule has 0 saturated heterocycles. The van der Waals surface area contributed by atoms with Crippen LogP contribution in [-0.2, 0) is 0 Å². The Hall–Kier alpha value is -3.05. The summed E-state index contributed by atoms with van der Waals surface area (Å²) in [6, 6.07) is 22.0. The molecule has 0 atom stereocenters. The normalized spacial score (nSPS) is 10.4. The minimum atomic E-state index is -0.156. The monoisotopic (exact) mass is 391 g/mol. The van der Waals surface area contributed by atoms with Gasteiger partial charge in [-0.15, -0.1) is 11.8 Å². The van der Waals surface area contributed by atoms with Crippen molar-refractivity contribution in [3.63, 3.8) is 0 Å². The molecule has 1 amide bonds. The molecule has 3 aromatic carbocycles. The minimum Gasteiger partial charge on any atom is -0.497 e. The van der Waals surface area contributed by atoms with Gasteiger partial charge in [-0.05, 0) is 61.5 Å². The number of carbonyl (C=O) groups excluding carboxylic acids is 2. The van der Waals surface area contributed by atoms with E-state index in [0.717, 1.165) is 16.2 Å². The van der Waals surface area contributed by atoms with Crippen molar-refractivity contribution in [3.8, 4) is 5.75 Å². The second kappa shape index (κ2) is 9.24. The van der Waals surface area contributed by atoms with E-state index >= 15 is 0 Å². The highest BCUT2D eigenvalue weighted by Gasteiger charge is 2.09. The second-order valence-corrected chi connectivity index (χ2v) is 7.34. The van der Waals surface area contributed by atoms with Crippen LogP contribution in [0.2, 0.25) is 0 Å². The van der Waals surface area contributed by atoms with Gasteiger partial charge in [-0.1, -0.05) is 23.8 Å². The van der Waals surface area contributed by atoms with Crippen LogP contribution in [0.15, 0.2) is 77.7 Å². The van der Waals surface area contributed by atoms with Gasteiger partial charge in [0.05, 0.1) is 12.9 Å². The molecule has 3 aromatic rings. The first-order valence-corrected chi connectivity index (χ1v) is 9.82. The van der Waals surface area contributed by atoms with Crippen LogP contribution in [0, 0.1) is 6.92 Å². The Bertz CT molecular complexity index is 966. The summed E-state index contributed by atoms with van der Waals surface area (Å²) in [6.07, 6.45) is 0. The zero-order chi connectivity index (χ0) is 19.9. The van der Waals surface area contributed by atoms with Gasteiger partial charge in [0.2, 0.25) is 0 Å². The largest absolute Gasteiger partial charge is 0.497 e. The van der Waals surface area contributed by atoms with Gasteiger partial charge in [0.15, 0.2) is 5.78 Å². The quantitative estimate of drug-likeness (QED) is 0.442. The Kier molecular flexibility index (Phi) is 6.50. The van der Waals surface area contributed by atoms with E-state index in [-0.39, 0.29) is 11.7 Å². The fourth-order valence-electron chi connectivity index (χ4n) is 2.58. The highest BCUT2D eigenvalue weighted by molar-refractivity contribution is 8.00. The summed E-state index contributed by atoms with van der Waals surface area (Å²) in [5.41, 5.74) is 3.07. The van der Waals surface area contributed by atoms with E-state index in [1.807, 2.05) is 43.3 Å². The lowest BCUT2D eigenvalue weighted by Gasteiger charge is -2.08. The number of hydrogen-bond acceptors (Lipinski definition) is 4. The molecule has 0 aromatic heterocycles. The minimum absolute atomic E-state index is 0.0433. The number of methoxy groups -OCH3 is 1. The lowest BCUT2D eigenvalue weighted by atomic mass is 10.1. The van der Waals surface area contributed by atoms with E-state index in [9.17, 15) is 9.59 Å². The van der Waals surface area contributed by atoms with Gasteiger partial charge < -0.3 is 10.1 Å². The first-order valence-electron chi connectivity index (χ1n) is 8.83. The topological polar surface area (TPSA) is 55.4 Å². The van der Waals surface area contributed by atoms with Crippen molar-refractivity contribution in [1.29, 1.82) is 0 Å². The molecule has 0 aliphatic heterocycles.